The highest BCUT2D eigenvalue weighted by molar-refractivity contribution is 5.92. The minimum Gasteiger partial charge on any atom is -0.459 e. The number of rotatable bonds is 5. The van der Waals surface area contributed by atoms with E-state index in [0.717, 1.165) is 6.42 Å². The Kier molecular flexibility index (Phi) is 5.27. The van der Waals surface area contributed by atoms with Gasteiger partial charge in [0.15, 0.2) is 5.76 Å². The molecule has 0 unspecified atom stereocenters. The molecule has 2 aromatic rings. The zero-order chi connectivity index (χ0) is 17.6. The molecule has 25 heavy (non-hydrogen) atoms. The Hall–Kier alpha value is -2.90. The molecule has 0 saturated carbocycles. The van der Waals surface area contributed by atoms with E-state index in [1.165, 1.54) is 12.5 Å². The summed E-state index contributed by atoms with van der Waals surface area (Å²) in [5.74, 6) is 0.751. The number of piperazine rings is 1. The smallest absolute Gasteiger partial charge is 0.289 e. The number of furan rings is 1. The Morgan fingerprint density at radius 2 is 2.00 bits per heavy atom. The number of nitrogens with one attached hydrogen (secondary N) is 1. The number of carbonyl (C=O) groups excluding carboxylic acids is 2. The van der Waals surface area contributed by atoms with Crippen LogP contribution in [0.4, 0.5) is 5.82 Å². The SMILES string of the molecule is CCCNC(=O)c1cnc(N2CCN(C(=O)c3ccco3)CC2)cn1. The molecule has 8 heteroatoms. The minimum atomic E-state index is -0.213. The minimum absolute atomic E-state index is 0.0984. The monoisotopic (exact) mass is 343 g/mol. The Labute approximate surface area is 145 Å². The zero-order valence-corrected chi connectivity index (χ0v) is 14.1. The first-order chi connectivity index (χ1) is 12.2. The number of hydrogen-bond acceptors (Lipinski definition) is 6. The number of nitrogens with zero attached hydrogens (tertiary/aromatic N) is 4. The largest absolute Gasteiger partial charge is 0.459 e. The highest BCUT2D eigenvalue weighted by atomic mass is 16.3. The van der Waals surface area contributed by atoms with Crippen molar-refractivity contribution in [3.05, 3.63) is 42.2 Å². The molecule has 0 bridgehead atoms. The molecular formula is C17H21N5O3. The summed E-state index contributed by atoms with van der Waals surface area (Å²) in [6.45, 7) is 5.09. The summed E-state index contributed by atoms with van der Waals surface area (Å²) in [5.41, 5.74) is 0.309. The van der Waals surface area contributed by atoms with Crippen molar-refractivity contribution < 1.29 is 14.0 Å². The lowest BCUT2D eigenvalue weighted by molar-refractivity contribution is 0.0714. The molecule has 8 nitrogen and oxygen atoms in total. The molecule has 132 valence electrons. The van der Waals surface area contributed by atoms with Crippen LogP contribution in [-0.4, -0.2) is 59.4 Å². The number of carbonyl (C=O) groups is 2. The van der Waals surface area contributed by atoms with E-state index >= 15 is 0 Å². The summed E-state index contributed by atoms with van der Waals surface area (Å²) in [4.78, 5) is 36.4. The third-order valence-electron chi connectivity index (χ3n) is 4.03. The maximum absolute atomic E-state index is 12.3. The highest BCUT2D eigenvalue weighted by Gasteiger charge is 2.24. The average Bonchev–Trinajstić information content (AvgIpc) is 3.20. The third-order valence-corrected chi connectivity index (χ3v) is 4.03. The predicted molar refractivity (Wildman–Crippen MR) is 91.5 cm³/mol. The first kappa shape index (κ1) is 16.9. The molecule has 2 aromatic heterocycles. The number of aromatic nitrogens is 2. The van der Waals surface area contributed by atoms with Gasteiger partial charge in [0.2, 0.25) is 0 Å². The van der Waals surface area contributed by atoms with Crippen LogP contribution >= 0.6 is 0 Å². The van der Waals surface area contributed by atoms with Crippen LogP contribution < -0.4 is 10.2 Å². The van der Waals surface area contributed by atoms with Crippen LogP contribution in [0.2, 0.25) is 0 Å². The van der Waals surface area contributed by atoms with Gasteiger partial charge in [-0.2, -0.15) is 0 Å². The quantitative estimate of drug-likeness (QED) is 0.876. The van der Waals surface area contributed by atoms with Gasteiger partial charge in [0.05, 0.1) is 18.7 Å². The fourth-order valence-electron chi connectivity index (χ4n) is 2.63. The lowest BCUT2D eigenvalue weighted by Crippen LogP contribution is -2.49. The van der Waals surface area contributed by atoms with Crippen molar-refractivity contribution >= 4 is 17.6 Å². The molecule has 3 rings (SSSR count). The fourth-order valence-corrected chi connectivity index (χ4v) is 2.63. The van der Waals surface area contributed by atoms with E-state index in [1.807, 2.05) is 11.8 Å². The lowest BCUT2D eigenvalue weighted by Gasteiger charge is -2.34. The van der Waals surface area contributed by atoms with E-state index in [4.69, 9.17) is 4.42 Å². The summed E-state index contributed by atoms with van der Waals surface area (Å²) in [5, 5.41) is 2.77. The van der Waals surface area contributed by atoms with E-state index in [0.29, 0.717) is 50.0 Å². The van der Waals surface area contributed by atoms with Crippen molar-refractivity contribution in [2.75, 3.05) is 37.6 Å². The van der Waals surface area contributed by atoms with Crippen LogP contribution in [0.5, 0.6) is 0 Å². The van der Waals surface area contributed by atoms with Gasteiger partial charge >= 0.3 is 0 Å². The second-order valence-electron chi connectivity index (χ2n) is 5.77. The standard InChI is InChI=1S/C17H21N5O3/c1-2-5-18-16(23)13-11-20-15(12-19-13)21-6-8-22(9-7-21)17(24)14-4-3-10-25-14/h3-4,10-12H,2,5-9H2,1H3,(H,18,23). The van der Waals surface area contributed by atoms with Crippen molar-refractivity contribution in [3.63, 3.8) is 0 Å². The molecule has 1 N–H and O–H groups in total. The Bertz CT molecular complexity index is 706. The molecule has 1 fully saturated rings. The second kappa shape index (κ2) is 7.78. The van der Waals surface area contributed by atoms with E-state index < -0.39 is 0 Å². The van der Waals surface area contributed by atoms with E-state index in [1.54, 1.807) is 23.2 Å². The number of hydrogen-bond donors (Lipinski definition) is 1. The van der Waals surface area contributed by atoms with Crippen LogP contribution in [0, 0.1) is 0 Å². The average molecular weight is 343 g/mol. The normalized spacial score (nSPS) is 14.4. The van der Waals surface area contributed by atoms with Crippen LogP contribution in [0.1, 0.15) is 34.4 Å². The van der Waals surface area contributed by atoms with Gasteiger partial charge in [-0.15, -0.1) is 0 Å². The topological polar surface area (TPSA) is 91.6 Å². The van der Waals surface area contributed by atoms with Crippen LogP contribution in [0.3, 0.4) is 0 Å². The third kappa shape index (κ3) is 3.96. The molecule has 1 aliphatic heterocycles. The van der Waals surface area contributed by atoms with Gasteiger partial charge < -0.3 is 19.5 Å². The van der Waals surface area contributed by atoms with Crippen LogP contribution in [-0.2, 0) is 0 Å². The van der Waals surface area contributed by atoms with Gasteiger partial charge in [0.1, 0.15) is 11.5 Å². The molecule has 2 amide bonds. The van der Waals surface area contributed by atoms with Crippen molar-refractivity contribution in [2.45, 2.75) is 13.3 Å². The first-order valence-corrected chi connectivity index (χ1v) is 8.37. The summed E-state index contributed by atoms with van der Waals surface area (Å²) in [6.07, 6.45) is 5.46. The molecule has 1 saturated heterocycles. The van der Waals surface area contributed by atoms with Crippen molar-refractivity contribution in [1.29, 1.82) is 0 Å². The zero-order valence-electron chi connectivity index (χ0n) is 14.1. The molecule has 0 spiro atoms. The summed E-state index contributed by atoms with van der Waals surface area (Å²) >= 11 is 0. The van der Waals surface area contributed by atoms with Gasteiger partial charge in [0.25, 0.3) is 11.8 Å². The van der Waals surface area contributed by atoms with E-state index in [2.05, 4.69) is 15.3 Å². The molecule has 0 radical (unpaired) electrons. The fraction of sp³-hybridized carbons (Fsp3) is 0.412. The summed E-state index contributed by atoms with van der Waals surface area (Å²) in [7, 11) is 0. The predicted octanol–water partition coefficient (Wildman–Crippen LogP) is 1.17. The van der Waals surface area contributed by atoms with E-state index in [-0.39, 0.29) is 11.8 Å². The van der Waals surface area contributed by atoms with Gasteiger partial charge in [0, 0.05) is 32.7 Å². The Morgan fingerprint density at radius 1 is 1.20 bits per heavy atom. The highest BCUT2D eigenvalue weighted by Crippen LogP contribution is 2.14. The maximum atomic E-state index is 12.3. The Balaban J connectivity index is 1.56. The molecule has 1 aliphatic rings. The number of amides is 2. The number of anilines is 1. The molecule has 3 heterocycles. The van der Waals surface area contributed by atoms with Gasteiger partial charge in [-0.25, -0.2) is 9.97 Å². The van der Waals surface area contributed by atoms with Crippen LogP contribution in [0.25, 0.3) is 0 Å². The maximum Gasteiger partial charge on any atom is 0.289 e. The molecular weight excluding hydrogens is 322 g/mol. The second-order valence-corrected chi connectivity index (χ2v) is 5.77. The van der Waals surface area contributed by atoms with Crippen molar-refractivity contribution in [3.8, 4) is 0 Å². The van der Waals surface area contributed by atoms with Crippen molar-refractivity contribution in [1.82, 2.24) is 20.2 Å². The summed E-state index contributed by atoms with van der Waals surface area (Å²) < 4.78 is 5.16. The van der Waals surface area contributed by atoms with Gasteiger partial charge in [-0.1, -0.05) is 6.92 Å². The summed E-state index contributed by atoms with van der Waals surface area (Å²) in [6, 6.07) is 3.37. The van der Waals surface area contributed by atoms with Gasteiger partial charge in [-0.05, 0) is 18.6 Å². The van der Waals surface area contributed by atoms with Crippen molar-refractivity contribution in [2.24, 2.45) is 0 Å². The van der Waals surface area contributed by atoms with Gasteiger partial charge in [-0.3, -0.25) is 9.59 Å². The molecule has 0 atom stereocenters. The van der Waals surface area contributed by atoms with Crippen LogP contribution in [0.15, 0.2) is 35.2 Å². The first-order valence-electron chi connectivity index (χ1n) is 8.37. The lowest BCUT2D eigenvalue weighted by atomic mass is 10.3. The molecule has 0 aliphatic carbocycles. The Morgan fingerprint density at radius 3 is 2.60 bits per heavy atom. The molecule has 0 aromatic carbocycles. The van der Waals surface area contributed by atoms with E-state index in [9.17, 15) is 9.59 Å².